The molecule has 1 aromatic carbocycles. The van der Waals surface area contributed by atoms with Gasteiger partial charge in [0.05, 0.1) is 0 Å². The molecule has 27 heavy (non-hydrogen) atoms. The summed E-state index contributed by atoms with van der Waals surface area (Å²) in [4.78, 5) is 18.0. The molecule has 0 bridgehead atoms. The molecule has 0 spiro atoms. The van der Waals surface area contributed by atoms with Gasteiger partial charge in [0, 0.05) is 53.4 Å². The zero-order valence-corrected chi connectivity index (χ0v) is 17.0. The average molecular weight is 367 g/mol. The number of nitrogens with one attached hydrogen (secondary N) is 1. The van der Waals surface area contributed by atoms with E-state index in [1.807, 2.05) is 6.08 Å². The number of fused-ring (bicyclic) bond motifs is 2. The maximum Gasteiger partial charge on any atom is 0.302 e. The van der Waals surface area contributed by atoms with Crippen LogP contribution < -0.4 is 0 Å². The van der Waals surface area contributed by atoms with Crippen molar-refractivity contribution in [3.05, 3.63) is 47.7 Å². The van der Waals surface area contributed by atoms with E-state index in [1.165, 1.54) is 34.6 Å². The highest BCUT2D eigenvalue weighted by Gasteiger charge is 2.47. The average Bonchev–Trinajstić information content (AvgIpc) is 2.99. The number of aromatic amines is 1. The Balaban J connectivity index is 1.94. The summed E-state index contributed by atoms with van der Waals surface area (Å²) < 4.78 is 5.87. The van der Waals surface area contributed by atoms with Crippen LogP contribution >= 0.6 is 0 Å². The van der Waals surface area contributed by atoms with Gasteiger partial charge in [0.1, 0.15) is 6.10 Å². The van der Waals surface area contributed by atoms with Gasteiger partial charge in [-0.15, -0.1) is 6.58 Å². The Bertz CT molecular complexity index is 910. The molecule has 0 saturated carbocycles. The highest BCUT2D eigenvalue weighted by molar-refractivity contribution is 5.90. The molecule has 4 rings (SSSR count). The number of carbonyl (C=O) groups is 1. The lowest BCUT2D eigenvalue weighted by molar-refractivity contribution is -0.155. The van der Waals surface area contributed by atoms with Gasteiger partial charge in [-0.2, -0.15) is 0 Å². The van der Waals surface area contributed by atoms with E-state index >= 15 is 0 Å². The van der Waals surface area contributed by atoms with Crippen LogP contribution in [0.5, 0.6) is 0 Å². The van der Waals surface area contributed by atoms with Crippen molar-refractivity contribution in [3.8, 4) is 0 Å². The Hall–Kier alpha value is -2.07. The number of nitrogens with zero attached hydrogens (tertiary/aromatic N) is 1. The molecule has 4 atom stereocenters. The predicted octanol–water partition coefficient (Wildman–Crippen LogP) is 4.15. The highest BCUT2D eigenvalue weighted by Crippen LogP contribution is 2.48. The molecule has 0 radical (unpaired) electrons. The molecule has 1 N–H and O–H groups in total. The van der Waals surface area contributed by atoms with Crippen molar-refractivity contribution >= 4 is 16.9 Å². The highest BCUT2D eigenvalue weighted by atomic mass is 16.5. The van der Waals surface area contributed by atoms with Crippen LogP contribution in [0, 0.1) is 5.92 Å². The molecule has 1 aliphatic carbocycles. The van der Waals surface area contributed by atoms with Crippen LogP contribution in [0.15, 0.2) is 30.9 Å². The van der Waals surface area contributed by atoms with Gasteiger partial charge in [-0.05, 0) is 30.7 Å². The number of likely N-dealkylation sites (tertiary alicyclic amines) is 1. The smallest absolute Gasteiger partial charge is 0.302 e. The third-order valence-corrected chi connectivity index (χ3v) is 6.66. The first-order valence-electron chi connectivity index (χ1n) is 9.89. The molecule has 1 aliphatic heterocycles. The topological polar surface area (TPSA) is 45.3 Å². The number of ether oxygens (including phenoxy) is 1. The van der Waals surface area contributed by atoms with E-state index in [2.05, 4.69) is 62.5 Å². The number of benzene rings is 1. The van der Waals surface area contributed by atoms with E-state index in [0.717, 1.165) is 13.0 Å². The van der Waals surface area contributed by atoms with Crippen molar-refractivity contribution in [2.45, 2.75) is 57.6 Å². The summed E-state index contributed by atoms with van der Waals surface area (Å²) in [5.41, 5.74) is 5.03. The molecule has 0 unspecified atom stereocenters. The number of H-pyrrole nitrogens is 1. The number of carbonyl (C=O) groups excluding carboxylic acids is 1. The van der Waals surface area contributed by atoms with Crippen molar-refractivity contribution in [1.29, 1.82) is 0 Å². The van der Waals surface area contributed by atoms with Crippen molar-refractivity contribution in [2.75, 3.05) is 13.6 Å². The monoisotopic (exact) mass is 366 g/mol. The Labute approximate surface area is 161 Å². The number of allylic oxidation sites excluding steroid dienone is 1. The number of likely N-dealkylation sites (N-methyl/N-ethyl adjacent to an activating group) is 1. The first-order chi connectivity index (χ1) is 12.7. The Morgan fingerprint density at radius 1 is 1.41 bits per heavy atom. The fourth-order valence-corrected chi connectivity index (χ4v) is 5.28. The van der Waals surface area contributed by atoms with E-state index in [9.17, 15) is 4.79 Å². The Morgan fingerprint density at radius 3 is 2.81 bits per heavy atom. The van der Waals surface area contributed by atoms with E-state index in [0.29, 0.717) is 12.0 Å². The third kappa shape index (κ3) is 2.73. The van der Waals surface area contributed by atoms with Crippen LogP contribution in [-0.2, 0) is 21.4 Å². The Morgan fingerprint density at radius 2 is 2.15 bits per heavy atom. The van der Waals surface area contributed by atoms with Crippen molar-refractivity contribution in [1.82, 2.24) is 9.88 Å². The summed E-state index contributed by atoms with van der Waals surface area (Å²) in [6.07, 6.45) is 2.91. The van der Waals surface area contributed by atoms with Gasteiger partial charge in [-0.3, -0.25) is 4.79 Å². The summed E-state index contributed by atoms with van der Waals surface area (Å²) in [7, 11) is 2.20. The number of hydrogen-bond donors (Lipinski definition) is 1. The van der Waals surface area contributed by atoms with Gasteiger partial charge < -0.3 is 14.6 Å². The number of hydrogen-bond acceptors (Lipinski definition) is 3. The van der Waals surface area contributed by atoms with Gasteiger partial charge >= 0.3 is 5.97 Å². The van der Waals surface area contributed by atoms with Gasteiger partial charge in [0.15, 0.2) is 0 Å². The van der Waals surface area contributed by atoms with Crippen LogP contribution in [0.1, 0.15) is 50.4 Å². The van der Waals surface area contributed by atoms with Crippen molar-refractivity contribution in [2.24, 2.45) is 5.92 Å². The molecule has 2 heterocycles. The number of piperidine rings is 1. The minimum Gasteiger partial charge on any atom is -0.462 e. The molecule has 4 heteroatoms. The lowest BCUT2D eigenvalue weighted by Crippen LogP contribution is -2.55. The molecular weight excluding hydrogens is 336 g/mol. The first kappa shape index (κ1) is 18.3. The summed E-state index contributed by atoms with van der Waals surface area (Å²) in [6.45, 7) is 13.1. The van der Waals surface area contributed by atoms with Crippen LogP contribution in [0.25, 0.3) is 10.9 Å². The van der Waals surface area contributed by atoms with E-state index in [-0.39, 0.29) is 23.4 Å². The molecule has 4 nitrogen and oxygen atoms in total. The fraction of sp³-hybridized carbons (Fsp3) is 0.522. The van der Waals surface area contributed by atoms with Crippen LogP contribution in [-0.4, -0.2) is 41.6 Å². The van der Waals surface area contributed by atoms with Crippen LogP contribution in [0.2, 0.25) is 0 Å². The first-order valence-corrected chi connectivity index (χ1v) is 9.89. The molecule has 144 valence electrons. The Kier molecular flexibility index (Phi) is 4.22. The second kappa shape index (κ2) is 6.23. The number of esters is 1. The van der Waals surface area contributed by atoms with Crippen LogP contribution in [0.3, 0.4) is 0 Å². The second-order valence-electron chi connectivity index (χ2n) is 8.96. The maximum atomic E-state index is 11.8. The standard InChI is InChI=1S/C23H30N2O2/c1-7-23(4,5)22-16-11-18-20(15-9-8-10-17(24-22)19(15)16)21(27-14(3)26)13(2)12-25(18)6/h7-10,13,18,20-21,24H,1,11-12H2,2-6H3/t13-,18-,20-,21+/m1/s1. The minimum atomic E-state index is -0.185. The normalized spacial score (nSPS) is 28.0. The van der Waals surface area contributed by atoms with E-state index < -0.39 is 0 Å². The van der Waals surface area contributed by atoms with Gasteiger partial charge in [-0.25, -0.2) is 0 Å². The van der Waals surface area contributed by atoms with Crippen molar-refractivity contribution < 1.29 is 9.53 Å². The van der Waals surface area contributed by atoms with Crippen molar-refractivity contribution in [3.63, 3.8) is 0 Å². The zero-order chi connectivity index (χ0) is 19.5. The summed E-state index contributed by atoms with van der Waals surface area (Å²) in [5, 5.41) is 1.32. The summed E-state index contributed by atoms with van der Waals surface area (Å²) in [5.74, 6) is 0.324. The maximum absolute atomic E-state index is 11.8. The number of rotatable bonds is 3. The molecular formula is C23H30N2O2. The summed E-state index contributed by atoms with van der Waals surface area (Å²) in [6, 6.07) is 6.83. The zero-order valence-electron chi connectivity index (χ0n) is 17.0. The van der Waals surface area contributed by atoms with Crippen LogP contribution in [0.4, 0.5) is 0 Å². The minimum absolute atomic E-state index is 0.0757. The summed E-state index contributed by atoms with van der Waals surface area (Å²) >= 11 is 0. The molecule has 2 aromatic rings. The fourth-order valence-electron chi connectivity index (χ4n) is 5.28. The van der Waals surface area contributed by atoms with Gasteiger partial charge in [-0.1, -0.05) is 39.0 Å². The lowest BCUT2D eigenvalue weighted by atomic mass is 9.69. The van der Waals surface area contributed by atoms with Gasteiger partial charge in [0.2, 0.25) is 0 Å². The molecule has 0 amide bonds. The number of aromatic nitrogens is 1. The third-order valence-electron chi connectivity index (χ3n) is 6.66. The van der Waals surface area contributed by atoms with E-state index in [4.69, 9.17) is 4.74 Å². The largest absolute Gasteiger partial charge is 0.462 e. The molecule has 1 aromatic heterocycles. The molecule has 1 saturated heterocycles. The molecule has 1 fully saturated rings. The van der Waals surface area contributed by atoms with E-state index in [1.54, 1.807) is 0 Å². The second-order valence-corrected chi connectivity index (χ2v) is 8.96. The van der Waals surface area contributed by atoms with Gasteiger partial charge in [0.25, 0.3) is 0 Å². The predicted molar refractivity (Wildman–Crippen MR) is 109 cm³/mol. The SMILES string of the molecule is C=CC(C)(C)c1[nH]c2cccc3c2c1C[C@@H]1[C@@H]3[C@@H](OC(C)=O)[C@H](C)CN1C. The molecule has 2 aliphatic rings. The lowest BCUT2D eigenvalue weighted by Gasteiger charge is -2.49. The quantitative estimate of drug-likeness (QED) is 0.655.